The van der Waals surface area contributed by atoms with Gasteiger partial charge in [-0.25, -0.2) is 0 Å². The van der Waals surface area contributed by atoms with Crippen LogP contribution in [0.25, 0.3) is 0 Å². The Labute approximate surface area is 185 Å². The lowest BCUT2D eigenvalue weighted by Crippen LogP contribution is -2.26. The van der Waals surface area contributed by atoms with Crippen molar-refractivity contribution in [3.8, 4) is 11.5 Å². The van der Waals surface area contributed by atoms with Gasteiger partial charge in [0.05, 0.1) is 11.4 Å². The van der Waals surface area contributed by atoms with Crippen molar-refractivity contribution in [3.63, 3.8) is 0 Å². The van der Waals surface area contributed by atoms with Crippen LogP contribution >= 0.6 is 0 Å². The second-order valence-electron chi connectivity index (χ2n) is 8.53. The minimum atomic E-state index is -0.363. The van der Waals surface area contributed by atoms with Gasteiger partial charge in [0.15, 0.2) is 7.85 Å². The van der Waals surface area contributed by atoms with E-state index in [-0.39, 0.29) is 5.41 Å². The molecular formula is C27H27BN2O. The highest BCUT2D eigenvalue weighted by Gasteiger charge is 2.28. The summed E-state index contributed by atoms with van der Waals surface area (Å²) in [5.41, 5.74) is 6.10. The molecule has 0 atom stereocenters. The molecule has 0 fully saturated rings. The van der Waals surface area contributed by atoms with Crippen molar-refractivity contribution in [1.82, 2.24) is 9.97 Å². The van der Waals surface area contributed by atoms with Gasteiger partial charge in [-0.2, -0.15) is 0 Å². The quantitative estimate of drug-likeness (QED) is 0.434. The van der Waals surface area contributed by atoms with Crippen molar-refractivity contribution < 1.29 is 4.74 Å². The highest BCUT2D eigenvalue weighted by Crippen LogP contribution is 2.32. The maximum absolute atomic E-state index is 6.10. The number of para-hydroxylation sites is 1. The van der Waals surface area contributed by atoms with Gasteiger partial charge in [0, 0.05) is 17.2 Å². The molecule has 0 bridgehead atoms. The predicted octanol–water partition coefficient (Wildman–Crippen LogP) is 4.75. The minimum Gasteiger partial charge on any atom is -0.457 e. The summed E-state index contributed by atoms with van der Waals surface area (Å²) in [5.74, 6) is 1.61. The number of rotatable bonds is 6. The maximum Gasteiger partial charge on any atom is 0.164 e. The molecule has 0 radical (unpaired) electrons. The van der Waals surface area contributed by atoms with E-state index < -0.39 is 0 Å². The van der Waals surface area contributed by atoms with Gasteiger partial charge in [0.1, 0.15) is 11.5 Å². The average molecular weight is 406 g/mol. The number of benzene rings is 2. The molecule has 0 saturated carbocycles. The molecule has 2 heterocycles. The summed E-state index contributed by atoms with van der Waals surface area (Å²) in [4.78, 5) is 9.73. The Bertz CT molecular complexity index is 1080. The van der Waals surface area contributed by atoms with E-state index in [1.807, 2.05) is 56.4 Å². The van der Waals surface area contributed by atoms with E-state index >= 15 is 0 Å². The molecule has 0 unspecified atom stereocenters. The summed E-state index contributed by atoms with van der Waals surface area (Å²) in [5, 5.41) is 0. The average Bonchev–Trinajstić information content (AvgIpc) is 2.74. The number of hydrogen-bond acceptors (Lipinski definition) is 3. The van der Waals surface area contributed by atoms with Gasteiger partial charge in [0.2, 0.25) is 0 Å². The van der Waals surface area contributed by atoms with Crippen LogP contribution < -0.4 is 10.3 Å². The molecule has 0 amide bonds. The molecule has 4 aromatic rings. The number of pyridine rings is 2. The van der Waals surface area contributed by atoms with Gasteiger partial charge >= 0.3 is 0 Å². The second kappa shape index (κ2) is 8.77. The lowest BCUT2D eigenvalue weighted by atomic mass is 9.82. The zero-order valence-corrected chi connectivity index (χ0v) is 18.6. The van der Waals surface area contributed by atoms with Gasteiger partial charge in [-0.3, -0.25) is 9.97 Å². The van der Waals surface area contributed by atoms with Crippen LogP contribution in [0, 0.1) is 6.92 Å². The van der Waals surface area contributed by atoms with Gasteiger partial charge in [-0.15, -0.1) is 0 Å². The minimum absolute atomic E-state index is 0.363. The standard InChI is InChI=1S/C27H27BN2O/c1-19-14-21(15-20-10-6-4-7-11-20)16-24(29-19)27(2,3)25-17-23(18-26(28)30-25)31-22-12-8-5-9-13-22/h4-14,16-18H,15,28H2,1-3H3. The Morgan fingerprint density at radius 3 is 2.10 bits per heavy atom. The molecule has 0 aliphatic rings. The summed E-state index contributed by atoms with van der Waals surface area (Å²) in [6.45, 7) is 6.41. The van der Waals surface area contributed by atoms with E-state index in [0.717, 1.165) is 40.6 Å². The van der Waals surface area contributed by atoms with Crippen LogP contribution in [0.1, 0.15) is 42.1 Å². The zero-order valence-electron chi connectivity index (χ0n) is 18.6. The summed E-state index contributed by atoms with van der Waals surface area (Å²) >= 11 is 0. The fraction of sp³-hybridized carbons (Fsp3) is 0.185. The first kappa shape index (κ1) is 20.9. The van der Waals surface area contributed by atoms with Crippen LogP contribution in [0.2, 0.25) is 0 Å². The largest absolute Gasteiger partial charge is 0.457 e. The number of hydrogen-bond donors (Lipinski definition) is 0. The van der Waals surface area contributed by atoms with E-state index in [2.05, 4.69) is 57.2 Å². The summed E-state index contributed by atoms with van der Waals surface area (Å²) in [6, 6.07) is 28.8. The smallest absolute Gasteiger partial charge is 0.164 e. The van der Waals surface area contributed by atoms with Crippen LogP contribution in [0.5, 0.6) is 11.5 Å². The molecule has 4 rings (SSSR count). The highest BCUT2D eigenvalue weighted by atomic mass is 16.5. The molecule has 0 aliphatic carbocycles. The number of nitrogens with zero attached hydrogens (tertiary/aromatic N) is 2. The van der Waals surface area contributed by atoms with Crippen molar-refractivity contribution in [2.75, 3.05) is 0 Å². The van der Waals surface area contributed by atoms with E-state index in [4.69, 9.17) is 14.7 Å². The predicted molar refractivity (Wildman–Crippen MR) is 129 cm³/mol. The molecule has 0 saturated heterocycles. The summed E-state index contributed by atoms with van der Waals surface area (Å²) < 4.78 is 6.10. The molecule has 0 N–H and O–H groups in total. The Morgan fingerprint density at radius 2 is 1.39 bits per heavy atom. The van der Waals surface area contributed by atoms with E-state index in [1.54, 1.807) is 0 Å². The third kappa shape index (κ3) is 5.03. The highest BCUT2D eigenvalue weighted by molar-refractivity contribution is 6.30. The Hall–Kier alpha value is -3.40. The first-order valence-corrected chi connectivity index (χ1v) is 10.6. The van der Waals surface area contributed by atoms with Gasteiger partial charge in [0.25, 0.3) is 0 Å². The Balaban J connectivity index is 1.68. The van der Waals surface area contributed by atoms with Crippen molar-refractivity contribution in [2.45, 2.75) is 32.6 Å². The molecular weight excluding hydrogens is 379 g/mol. The molecule has 31 heavy (non-hydrogen) atoms. The number of aromatic nitrogens is 2. The lowest BCUT2D eigenvalue weighted by molar-refractivity contribution is 0.478. The second-order valence-corrected chi connectivity index (χ2v) is 8.53. The van der Waals surface area contributed by atoms with Crippen molar-refractivity contribution in [2.24, 2.45) is 0 Å². The van der Waals surface area contributed by atoms with Crippen LogP contribution in [-0.4, -0.2) is 17.8 Å². The van der Waals surface area contributed by atoms with Crippen molar-refractivity contribution in [3.05, 3.63) is 113 Å². The van der Waals surface area contributed by atoms with Crippen LogP contribution in [-0.2, 0) is 11.8 Å². The molecule has 3 nitrogen and oxygen atoms in total. The molecule has 2 aromatic carbocycles. The molecule has 4 heteroatoms. The molecule has 0 aliphatic heterocycles. The Kier molecular flexibility index (Phi) is 5.90. The van der Waals surface area contributed by atoms with E-state index in [1.165, 1.54) is 11.1 Å². The fourth-order valence-electron chi connectivity index (χ4n) is 3.77. The van der Waals surface area contributed by atoms with E-state index in [0.29, 0.717) is 0 Å². The summed E-state index contributed by atoms with van der Waals surface area (Å²) in [7, 11) is 2.00. The van der Waals surface area contributed by atoms with Crippen molar-refractivity contribution >= 4 is 13.4 Å². The van der Waals surface area contributed by atoms with Gasteiger partial charge < -0.3 is 4.74 Å². The topological polar surface area (TPSA) is 35.0 Å². The number of ether oxygens (including phenoxy) is 1. The van der Waals surface area contributed by atoms with Crippen LogP contribution in [0.4, 0.5) is 0 Å². The third-order valence-electron chi connectivity index (χ3n) is 5.45. The molecule has 154 valence electrons. The number of aryl methyl sites for hydroxylation is 1. The normalized spacial score (nSPS) is 11.3. The molecule has 0 spiro atoms. The summed E-state index contributed by atoms with van der Waals surface area (Å²) in [6.07, 6.45) is 0.886. The van der Waals surface area contributed by atoms with E-state index in [9.17, 15) is 0 Å². The first-order chi connectivity index (χ1) is 14.9. The SMILES string of the molecule is Bc1cc(Oc2ccccc2)cc(C(C)(C)c2cc(Cc3ccccc3)cc(C)n2)n1. The first-order valence-electron chi connectivity index (χ1n) is 10.6. The van der Waals surface area contributed by atoms with Crippen LogP contribution in [0.15, 0.2) is 84.9 Å². The monoisotopic (exact) mass is 406 g/mol. The zero-order chi connectivity index (χ0) is 21.8. The van der Waals surface area contributed by atoms with Crippen LogP contribution in [0.3, 0.4) is 0 Å². The third-order valence-corrected chi connectivity index (χ3v) is 5.45. The molecule has 2 aromatic heterocycles. The lowest BCUT2D eigenvalue weighted by Gasteiger charge is -2.26. The Morgan fingerprint density at radius 1 is 0.742 bits per heavy atom. The van der Waals surface area contributed by atoms with Gasteiger partial charge in [-0.1, -0.05) is 48.5 Å². The maximum atomic E-state index is 6.10. The van der Waals surface area contributed by atoms with Crippen molar-refractivity contribution in [1.29, 1.82) is 0 Å². The fourth-order valence-corrected chi connectivity index (χ4v) is 3.77. The van der Waals surface area contributed by atoms with Gasteiger partial charge in [-0.05, 0) is 74.2 Å².